The quantitative estimate of drug-likeness (QED) is 0.126. The summed E-state index contributed by atoms with van der Waals surface area (Å²) in [5.41, 5.74) is 6.40. The van der Waals surface area contributed by atoms with Gasteiger partial charge in [0.25, 0.3) is 0 Å². The van der Waals surface area contributed by atoms with E-state index in [-0.39, 0.29) is 50.9 Å². The third-order valence-corrected chi connectivity index (χ3v) is 8.81. The third kappa shape index (κ3) is 5.53. The van der Waals surface area contributed by atoms with E-state index < -0.39 is 45.1 Å². The Balaban J connectivity index is 1.31. The fraction of sp³-hybridized carbons (Fsp3) is 0.172. The van der Waals surface area contributed by atoms with Gasteiger partial charge in [-0.3, -0.25) is 9.52 Å². The van der Waals surface area contributed by atoms with Crippen LogP contribution in [-0.4, -0.2) is 40.8 Å². The number of carbonyl (C=O) groups excluding carboxylic acids is 1. The van der Waals surface area contributed by atoms with Crippen LogP contribution in [0.15, 0.2) is 60.8 Å². The Morgan fingerprint density at radius 2 is 1.84 bits per heavy atom. The summed E-state index contributed by atoms with van der Waals surface area (Å²) in [5.74, 6) is -2.76. The molecule has 0 atom stereocenters. The normalized spacial score (nSPS) is 13.4. The lowest BCUT2D eigenvalue weighted by Crippen LogP contribution is -2.18. The highest BCUT2D eigenvalue weighted by Crippen LogP contribution is 2.37. The lowest BCUT2D eigenvalue weighted by atomic mass is 10.1. The maximum absolute atomic E-state index is 15.3. The number of nitrogens with one attached hydrogen (secondary N) is 2. The number of rotatable bonds is 10. The maximum atomic E-state index is 15.3. The highest BCUT2D eigenvalue weighted by molar-refractivity contribution is 7.93. The molecule has 0 unspecified atom stereocenters. The Labute approximate surface area is 247 Å². The van der Waals surface area contributed by atoms with Crippen LogP contribution in [0, 0.1) is 18.6 Å². The molecule has 0 radical (unpaired) electrons. The second kappa shape index (κ2) is 10.9. The van der Waals surface area contributed by atoms with E-state index in [1.165, 1.54) is 42.5 Å². The van der Waals surface area contributed by atoms with Crippen LogP contribution >= 0.6 is 0 Å². The number of aromatic amines is 1. The summed E-state index contributed by atoms with van der Waals surface area (Å²) in [6.45, 7) is -1.67. The number of aromatic nitrogens is 3. The summed E-state index contributed by atoms with van der Waals surface area (Å²) in [4.78, 5) is 16.3. The molecule has 5 aromatic rings. The van der Waals surface area contributed by atoms with E-state index in [2.05, 4.69) is 19.5 Å². The minimum absolute atomic E-state index is 0.0257. The van der Waals surface area contributed by atoms with Crippen molar-refractivity contribution in [3.05, 3.63) is 89.2 Å². The highest BCUT2D eigenvalue weighted by atomic mass is 32.2. The standard InChI is InChI=1S/C29H23F4N5O5S/c1-14-8-16(42-24-5-3-2-4-19(24)30)11-20(31)26(14)38-28(34)18(13-35-38)27(39)23-9-15-10-25(43-29(32)33)22(12-21(15)36-23)37-44(40,41)17-6-7-17/h2-5,8-13,17,29,36-37H,6-7,34H2,1H3. The molecule has 4 N–H and O–H groups in total. The molecule has 0 amide bonds. The van der Waals surface area contributed by atoms with Crippen LogP contribution in [0.5, 0.6) is 17.2 Å². The third-order valence-electron chi connectivity index (χ3n) is 6.95. The largest absolute Gasteiger partial charge is 0.454 e. The van der Waals surface area contributed by atoms with Gasteiger partial charge >= 0.3 is 6.61 Å². The minimum Gasteiger partial charge on any atom is -0.454 e. The number of ketones is 1. The number of alkyl halides is 2. The van der Waals surface area contributed by atoms with Crippen molar-refractivity contribution in [3.63, 3.8) is 0 Å². The smallest absolute Gasteiger partial charge is 0.387 e. The summed E-state index contributed by atoms with van der Waals surface area (Å²) in [7, 11) is -3.82. The van der Waals surface area contributed by atoms with Crippen LogP contribution in [0.2, 0.25) is 0 Å². The molecule has 2 heterocycles. The van der Waals surface area contributed by atoms with Crippen LogP contribution in [0.3, 0.4) is 0 Å². The van der Waals surface area contributed by atoms with Crippen molar-refractivity contribution >= 4 is 38.2 Å². The number of sulfonamides is 1. The van der Waals surface area contributed by atoms with Crippen LogP contribution in [-0.2, 0) is 10.0 Å². The molecule has 228 valence electrons. The molecule has 1 aliphatic carbocycles. The fourth-order valence-electron chi connectivity index (χ4n) is 4.71. The van der Waals surface area contributed by atoms with Crippen molar-refractivity contribution in [2.75, 3.05) is 10.5 Å². The number of H-pyrrole nitrogens is 1. The molecule has 2 aromatic heterocycles. The second-order valence-electron chi connectivity index (χ2n) is 10.1. The summed E-state index contributed by atoms with van der Waals surface area (Å²) in [6.07, 6.45) is 2.05. The van der Waals surface area contributed by atoms with Crippen LogP contribution in [0.25, 0.3) is 16.6 Å². The first kappa shape index (κ1) is 29.0. The number of carbonyl (C=O) groups is 1. The number of para-hydroxylation sites is 1. The van der Waals surface area contributed by atoms with Gasteiger partial charge in [-0.1, -0.05) is 12.1 Å². The van der Waals surface area contributed by atoms with Gasteiger partial charge in [-0.15, -0.1) is 0 Å². The van der Waals surface area contributed by atoms with Gasteiger partial charge in [0, 0.05) is 17.0 Å². The number of anilines is 2. The molecule has 0 spiro atoms. The molecule has 0 bridgehead atoms. The molecule has 1 aliphatic rings. The molecule has 6 rings (SSSR count). The van der Waals surface area contributed by atoms with Crippen molar-refractivity contribution in [3.8, 4) is 22.9 Å². The number of fused-ring (bicyclic) bond motifs is 1. The Hall–Kier alpha value is -5.05. The van der Waals surface area contributed by atoms with E-state index in [1.54, 1.807) is 13.0 Å². The predicted molar refractivity (Wildman–Crippen MR) is 153 cm³/mol. The van der Waals surface area contributed by atoms with Crippen LogP contribution in [0.1, 0.15) is 34.5 Å². The minimum atomic E-state index is -3.82. The molecular weight excluding hydrogens is 606 g/mol. The lowest BCUT2D eigenvalue weighted by molar-refractivity contribution is -0.0492. The summed E-state index contributed by atoms with van der Waals surface area (Å²) < 4.78 is 93.8. The van der Waals surface area contributed by atoms with E-state index in [0.717, 1.165) is 16.9 Å². The number of nitrogens with two attached hydrogens (primary N) is 1. The number of halogens is 4. The molecular formula is C29H23F4N5O5S. The SMILES string of the molecule is Cc1cc(Oc2ccccc2F)cc(F)c1-n1ncc(C(=O)c2cc3cc(OC(F)F)c(NS(=O)(=O)C4CC4)cc3[nH]2)c1N. The molecule has 10 nitrogen and oxygen atoms in total. The molecule has 1 fully saturated rings. The van der Waals surface area contributed by atoms with E-state index in [9.17, 15) is 26.4 Å². The molecule has 0 aliphatic heterocycles. The summed E-state index contributed by atoms with van der Waals surface area (Å²) in [6, 6.07) is 11.9. The second-order valence-corrected chi connectivity index (χ2v) is 12.1. The van der Waals surface area contributed by atoms with Gasteiger partial charge in [-0.2, -0.15) is 13.9 Å². The molecule has 15 heteroatoms. The van der Waals surface area contributed by atoms with Gasteiger partial charge < -0.3 is 20.2 Å². The number of nitrogens with zero attached hydrogens (tertiary/aromatic N) is 2. The van der Waals surface area contributed by atoms with E-state index in [1.807, 2.05) is 0 Å². The first-order valence-electron chi connectivity index (χ1n) is 13.2. The lowest BCUT2D eigenvalue weighted by Gasteiger charge is -2.13. The number of aryl methyl sites for hydroxylation is 1. The van der Waals surface area contributed by atoms with Gasteiger partial charge in [0.2, 0.25) is 15.8 Å². The molecule has 1 saturated carbocycles. The van der Waals surface area contributed by atoms with Crippen molar-refractivity contribution in [1.29, 1.82) is 0 Å². The fourth-order valence-corrected chi connectivity index (χ4v) is 6.10. The number of hydrogen-bond acceptors (Lipinski definition) is 7. The van der Waals surface area contributed by atoms with Gasteiger partial charge in [0.15, 0.2) is 23.1 Å². The zero-order chi connectivity index (χ0) is 31.3. The van der Waals surface area contributed by atoms with E-state index >= 15 is 4.39 Å². The van der Waals surface area contributed by atoms with E-state index in [4.69, 9.17) is 10.5 Å². The van der Waals surface area contributed by atoms with Gasteiger partial charge in [0.1, 0.15) is 17.3 Å². The number of benzene rings is 3. The van der Waals surface area contributed by atoms with Gasteiger partial charge in [-0.05, 0) is 61.7 Å². The van der Waals surface area contributed by atoms with Crippen molar-refractivity contribution < 1.29 is 40.2 Å². The molecule has 3 aromatic carbocycles. The highest BCUT2D eigenvalue weighted by Gasteiger charge is 2.36. The van der Waals surface area contributed by atoms with Crippen molar-refractivity contribution in [2.24, 2.45) is 0 Å². The number of hydrogen-bond donors (Lipinski definition) is 3. The van der Waals surface area contributed by atoms with Crippen molar-refractivity contribution in [2.45, 2.75) is 31.6 Å². The van der Waals surface area contributed by atoms with Crippen molar-refractivity contribution in [1.82, 2.24) is 14.8 Å². The zero-order valence-electron chi connectivity index (χ0n) is 22.8. The van der Waals surface area contributed by atoms with Gasteiger partial charge in [-0.25, -0.2) is 21.9 Å². The zero-order valence-corrected chi connectivity index (χ0v) is 23.6. The molecule has 44 heavy (non-hydrogen) atoms. The van der Waals surface area contributed by atoms with Crippen LogP contribution in [0.4, 0.5) is 29.1 Å². The molecule has 0 saturated heterocycles. The average Bonchev–Trinajstić information content (AvgIpc) is 3.65. The Morgan fingerprint density at radius 1 is 1.09 bits per heavy atom. The topological polar surface area (TPSA) is 141 Å². The van der Waals surface area contributed by atoms with Gasteiger partial charge in [0.05, 0.1) is 28.4 Å². The van der Waals surface area contributed by atoms with E-state index in [0.29, 0.717) is 18.4 Å². The Morgan fingerprint density at radius 3 is 2.52 bits per heavy atom. The Kier molecular flexibility index (Phi) is 7.19. The maximum Gasteiger partial charge on any atom is 0.387 e. The monoisotopic (exact) mass is 629 g/mol. The van der Waals surface area contributed by atoms with Crippen LogP contribution < -0.4 is 19.9 Å². The first-order valence-corrected chi connectivity index (χ1v) is 14.7. The Bertz CT molecular complexity index is 2020. The summed E-state index contributed by atoms with van der Waals surface area (Å²) in [5, 5.41) is 3.75. The first-order chi connectivity index (χ1) is 20.9. The number of ether oxygens (including phenoxy) is 2. The number of nitrogen functional groups attached to an aromatic ring is 1. The summed E-state index contributed by atoms with van der Waals surface area (Å²) >= 11 is 0. The predicted octanol–water partition coefficient (Wildman–Crippen LogP) is 6.05. The average molecular weight is 630 g/mol.